The lowest BCUT2D eigenvalue weighted by molar-refractivity contribution is -0.0679. The molecule has 3 rings (SSSR count). The number of amides is 2. The van der Waals surface area contributed by atoms with Crippen LogP contribution in [0.15, 0.2) is 36.4 Å². The fourth-order valence-corrected chi connectivity index (χ4v) is 3.73. The summed E-state index contributed by atoms with van der Waals surface area (Å²) in [6, 6.07) is 12.0. The topological polar surface area (TPSA) is 62.8 Å². The average Bonchev–Trinajstić information content (AvgIpc) is 2.68. The van der Waals surface area contributed by atoms with E-state index in [4.69, 9.17) is 9.47 Å². The first-order valence-electron chi connectivity index (χ1n) is 9.99. The molecule has 0 saturated carbocycles. The number of rotatable bonds is 7. The Balaban J connectivity index is 1.38. The zero-order valence-corrected chi connectivity index (χ0v) is 17.0. The lowest BCUT2D eigenvalue weighted by atomic mass is 10.1. The first-order chi connectivity index (χ1) is 13.5. The molecular weight excluding hydrogens is 354 g/mol. The van der Waals surface area contributed by atoms with Gasteiger partial charge in [0.25, 0.3) is 0 Å². The summed E-state index contributed by atoms with van der Waals surface area (Å²) >= 11 is 0. The van der Waals surface area contributed by atoms with E-state index in [0.29, 0.717) is 13.1 Å². The lowest BCUT2D eigenvalue weighted by Crippen LogP contribution is -2.46. The maximum Gasteiger partial charge on any atom is 0.315 e. The van der Waals surface area contributed by atoms with Gasteiger partial charge in [-0.25, -0.2) is 4.79 Å². The number of nitrogens with zero attached hydrogens (tertiary/aromatic N) is 1. The fourth-order valence-electron chi connectivity index (χ4n) is 3.73. The Hall–Kier alpha value is -2.31. The van der Waals surface area contributed by atoms with E-state index in [1.54, 1.807) is 7.11 Å². The van der Waals surface area contributed by atoms with Crippen LogP contribution in [0, 0.1) is 0 Å². The molecule has 2 atom stereocenters. The molecule has 0 unspecified atom stereocenters. The van der Waals surface area contributed by atoms with Crippen LogP contribution in [0.25, 0.3) is 10.8 Å². The predicted octanol–water partition coefficient (Wildman–Crippen LogP) is 3.15. The third-order valence-corrected chi connectivity index (χ3v) is 5.00. The molecule has 28 heavy (non-hydrogen) atoms. The smallest absolute Gasteiger partial charge is 0.315 e. The number of hydrogen-bond donors (Lipinski definition) is 2. The highest BCUT2D eigenvalue weighted by molar-refractivity contribution is 5.84. The number of ether oxygens (including phenoxy) is 2. The summed E-state index contributed by atoms with van der Waals surface area (Å²) in [5, 5.41) is 8.13. The maximum absolute atomic E-state index is 12.0. The molecule has 1 fully saturated rings. The minimum Gasteiger partial charge on any atom is -0.497 e. The highest BCUT2D eigenvalue weighted by Crippen LogP contribution is 2.21. The van der Waals surface area contributed by atoms with Gasteiger partial charge in [-0.3, -0.25) is 4.90 Å². The summed E-state index contributed by atoms with van der Waals surface area (Å²) in [5.74, 6) is 0.846. The Morgan fingerprint density at radius 3 is 2.57 bits per heavy atom. The van der Waals surface area contributed by atoms with Gasteiger partial charge >= 0.3 is 6.03 Å². The van der Waals surface area contributed by atoms with Gasteiger partial charge in [-0.2, -0.15) is 0 Å². The number of benzene rings is 2. The Labute approximate surface area is 167 Å². The molecule has 2 aromatic rings. The van der Waals surface area contributed by atoms with E-state index in [1.165, 1.54) is 0 Å². The van der Waals surface area contributed by atoms with Crippen LogP contribution in [0.1, 0.15) is 25.8 Å². The van der Waals surface area contributed by atoms with Crippen LogP contribution in [-0.2, 0) is 11.3 Å². The zero-order valence-electron chi connectivity index (χ0n) is 17.0. The molecule has 0 radical (unpaired) electrons. The average molecular weight is 386 g/mol. The van der Waals surface area contributed by atoms with Crippen molar-refractivity contribution in [2.75, 3.05) is 33.3 Å². The Morgan fingerprint density at radius 1 is 1.11 bits per heavy atom. The summed E-state index contributed by atoms with van der Waals surface area (Å²) in [7, 11) is 1.67. The molecule has 0 spiro atoms. The third-order valence-electron chi connectivity index (χ3n) is 5.00. The van der Waals surface area contributed by atoms with Crippen molar-refractivity contribution in [3.05, 3.63) is 42.0 Å². The summed E-state index contributed by atoms with van der Waals surface area (Å²) in [6.45, 7) is 8.30. The number of morpholine rings is 1. The number of carbonyl (C=O) groups is 1. The van der Waals surface area contributed by atoms with Gasteiger partial charge in [0, 0.05) is 32.7 Å². The van der Waals surface area contributed by atoms with Gasteiger partial charge in [0.2, 0.25) is 0 Å². The van der Waals surface area contributed by atoms with Gasteiger partial charge in [-0.05, 0) is 54.8 Å². The number of fused-ring (bicyclic) bond motifs is 1. The molecule has 2 aromatic carbocycles. The fraction of sp³-hybridized carbons (Fsp3) is 0.500. The largest absolute Gasteiger partial charge is 0.497 e. The van der Waals surface area contributed by atoms with E-state index in [0.717, 1.165) is 48.1 Å². The van der Waals surface area contributed by atoms with Crippen LogP contribution in [-0.4, -0.2) is 56.4 Å². The van der Waals surface area contributed by atoms with Crippen molar-refractivity contribution in [2.24, 2.45) is 0 Å². The van der Waals surface area contributed by atoms with Crippen molar-refractivity contribution in [2.45, 2.75) is 39.0 Å². The van der Waals surface area contributed by atoms with E-state index in [-0.39, 0.29) is 18.2 Å². The second-order valence-electron chi connectivity index (χ2n) is 7.53. The van der Waals surface area contributed by atoms with Crippen molar-refractivity contribution in [1.29, 1.82) is 0 Å². The zero-order chi connectivity index (χ0) is 19.9. The van der Waals surface area contributed by atoms with Crippen LogP contribution >= 0.6 is 0 Å². The lowest BCUT2D eigenvalue weighted by Gasteiger charge is -2.35. The standard InChI is InChI=1S/C22H31N3O3/c1-16-14-25(15-17(2)28-16)10-4-9-23-22(26)24-13-18-5-6-20-12-21(27-3)8-7-19(20)11-18/h5-8,11-12,16-17H,4,9-10,13-15H2,1-3H3,(H2,23,24,26)/t16-,17-/m0/s1. The van der Waals surface area contributed by atoms with Gasteiger partial charge in [-0.1, -0.05) is 18.2 Å². The van der Waals surface area contributed by atoms with E-state index in [9.17, 15) is 4.79 Å². The Kier molecular flexibility index (Phi) is 7.12. The number of nitrogens with one attached hydrogen (secondary N) is 2. The van der Waals surface area contributed by atoms with Crippen molar-refractivity contribution in [1.82, 2.24) is 15.5 Å². The van der Waals surface area contributed by atoms with Crippen LogP contribution in [0.4, 0.5) is 4.79 Å². The number of urea groups is 1. The van der Waals surface area contributed by atoms with Crippen LogP contribution in [0.5, 0.6) is 5.75 Å². The molecule has 2 N–H and O–H groups in total. The highest BCUT2D eigenvalue weighted by atomic mass is 16.5. The van der Waals surface area contributed by atoms with Gasteiger partial charge in [0.15, 0.2) is 0 Å². The van der Waals surface area contributed by atoms with Gasteiger partial charge in [0.05, 0.1) is 19.3 Å². The van der Waals surface area contributed by atoms with Gasteiger partial charge in [-0.15, -0.1) is 0 Å². The molecule has 6 nitrogen and oxygen atoms in total. The maximum atomic E-state index is 12.0. The van der Waals surface area contributed by atoms with E-state index >= 15 is 0 Å². The Morgan fingerprint density at radius 2 is 1.82 bits per heavy atom. The molecule has 0 aromatic heterocycles. The van der Waals surface area contributed by atoms with E-state index in [2.05, 4.69) is 41.5 Å². The molecular formula is C22H31N3O3. The van der Waals surface area contributed by atoms with E-state index in [1.807, 2.05) is 24.3 Å². The third kappa shape index (κ3) is 5.84. The van der Waals surface area contributed by atoms with Crippen molar-refractivity contribution in [3.8, 4) is 5.75 Å². The first-order valence-corrected chi connectivity index (χ1v) is 9.99. The summed E-state index contributed by atoms with van der Waals surface area (Å²) in [5.41, 5.74) is 1.07. The molecule has 0 bridgehead atoms. The molecule has 0 aliphatic carbocycles. The molecule has 1 aliphatic rings. The van der Waals surface area contributed by atoms with E-state index < -0.39 is 0 Å². The molecule has 1 heterocycles. The first kappa shape index (κ1) is 20.4. The normalized spacial score (nSPS) is 20.1. The van der Waals surface area contributed by atoms with Gasteiger partial charge in [0.1, 0.15) is 5.75 Å². The van der Waals surface area contributed by atoms with Crippen molar-refractivity contribution >= 4 is 16.8 Å². The molecule has 1 saturated heterocycles. The van der Waals surface area contributed by atoms with Crippen LogP contribution in [0.3, 0.4) is 0 Å². The minimum atomic E-state index is -0.126. The Bertz CT molecular complexity index is 786. The second kappa shape index (κ2) is 9.75. The summed E-state index contributed by atoms with van der Waals surface area (Å²) < 4.78 is 11.0. The summed E-state index contributed by atoms with van der Waals surface area (Å²) in [6.07, 6.45) is 1.50. The SMILES string of the molecule is COc1ccc2cc(CNC(=O)NCCCN3C[C@H](C)O[C@@H](C)C3)ccc2c1. The molecule has 1 aliphatic heterocycles. The quantitative estimate of drug-likeness (QED) is 0.719. The number of methoxy groups -OCH3 is 1. The monoisotopic (exact) mass is 385 g/mol. The molecule has 6 heteroatoms. The summed E-state index contributed by atoms with van der Waals surface area (Å²) in [4.78, 5) is 14.5. The number of carbonyl (C=O) groups excluding carboxylic acids is 1. The van der Waals surface area contributed by atoms with Crippen molar-refractivity contribution in [3.63, 3.8) is 0 Å². The highest BCUT2D eigenvalue weighted by Gasteiger charge is 2.21. The molecule has 2 amide bonds. The van der Waals surface area contributed by atoms with Crippen LogP contribution in [0.2, 0.25) is 0 Å². The number of hydrogen-bond acceptors (Lipinski definition) is 4. The minimum absolute atomic E-state index is 0.126. The predicted molar refractivity (Wildman–Crippen MR) is 112 cm³/mol. The van der Waals surface area contributed by atoms with Crippen molar-refractivity contribution < 1.29 is 14.3 Å². The van der Waals surface area contributed by atoms with Crippen LogP contribution < -0.4 is 15.4 Å². The molecule has 152 valence electrons. The second-order valence-corrected chi connectivity index (χ2v) is 7.53. The van der Waals surface area contributed by atoms with Gasteiger partial charge < -0.3 is 20.1 Å².